The number of hydrogen-bond acceptors (Lipinski definition) is 3. The Morgan fingerprint density at radius 3 is 2.65 bits per heavy atom. The van der Waals surface area contributed by atoms with Crippen LogP contribution in [-0.4, -0.2) is 41.2 Å². The van der Waals surface area contributed by atoms with Gasteiger partial charge in [0, 0.05) is 36.9 Å². The molecular formula is C19H21N3O. The molecule has 23 heavy (non-hydrogen) atoms. The van der Waals surface area contributed by atoms with Crippen LogP contribution in [0.4, 0.5) is 0 Å². The molecule has 1 N–H and O–H groups in total. The number of hydrogen-bond donors (Lipinski definition) is 1. The van der Waals surface area contributed by atoms with E-state index < -0.39 is 0 Å². The van der Waals surface area contributed by atoms with E-state index in [9.17, 15) is 0 Å². The van der Waals surface area contributed by atoms with Gasteiger partial charge >= 0.3 is 0 Å². The van der Waals surface area contributed by atoms with Gasteiger partial charge in [0.05, 0.1) is 13.2 Å². The number of ether oxygens (including phenoxy) is 1. The largest absolute Gasteiger partial charge is 0.379 e. The van der Waals surface area contributed by atoms with Crippen LogP contribution in [0.25, 0.3) is 22.3 Å². The molecule has 3 aromatic rings. The number of aryl methyl sites for hydroxylation is 1. The SMILES string of the molecule is Cc1ccnc2[nH]c(-c3ccc(CN4CCOCC4)cc3)cc12. The molecule has 3 heterocycles. The summed E-state index contributed by atoms with van der Waals surface area (Å²) in [6.07, 6.45) is 1.85. The summed E-state index contributed by atoms with van der Waals surface area (Å²) in [6.45, 7) is 6.85. The second kappa shape index (κ2) is 6.14. The molecule has 0 bridgehead atoms. The lowest BCUT2D eigenvalue weighted by atomic mass is 10.1. The summed E-state index contributed by atoms with van der Waals surface area (Å²) in [4.78, 5) is 10.3. The summed E-state index contributed by atoms with van der Waals surface area (Å²) < 4.78 is 5.40. The normalized spacial score (nSPS) is 16.0. The Morgan fingerprint density at radius 1 is 1.13 bits per heavy atom. The maximum atomic E-state index is 5.40. The number of rotatable bonds is 3. The second-order valence-corrected chi connectivity index (χ2v) is 6.16. The van der Waals surface area contributed by atoms with E-state index in [1.807, 2.05) is 12.3 Å². The van der Waals surface area contributed by atoms with Crippen molar-refractivity contribution in [3.05, 3.63) is 53.7 Å². The van der Waals surface area contributed by atoms with Crippen molar-refractivity contribution in [1.29, 1.82) is 0 Å². The minimum atomic E-state index is 0.847. The summed E-state index contributed by atoms with van der Waals surface area (Å²) in [6, 6.07) is 13.1. The van der Waals surface area contributed by atoms with Gasteiger partial charge in [0.15, 0.2) is 0 Å². The zero-order chi connectivity index (χ0) is 15.6. The van der Waals surface area contributed by atoms with E-state index in [1.165, 1.54) is 22.1 Å². The van der Waals surface area contributed by atoms with Crippen LogP contribution < -0.4 is 0 Å². The molecule has 4 heteroatoms. The fourth-order valence-electron chi connectivity index (χ4n) is 3.12. The van der Waals surface area contributed by atoms with Crippen molar-refractivity contribution < 1.29 is 4.74 Å². The first-order valence-electron chi connectivity index (χ1n) is 8.13. The molecule has 1 aliphatic heterocycles. The van der Waals surface area contributed by atoms with Gasteiger partial charge in [-0.1, -0.05) is 24.3 Å². The predicted octanol–water partition coefficient (Wildman–Crippen LogP) is 3.37. The van der Waals surface area contributed by atoms with Crippen LogP contribution in [0.2, 0.25) is 0 Å². The number of H-pyrrole nitrogens is 1. The highest BCUT2D eigenvalue weighted by Gasteiger charge is 2.11. The summed E-state index contributed by atoms with van der Waals surface area (Å²) >= 11 is 0. The molecule has 0 spiro atoms. The molecule has 0 saturated carbocycles. The monoisotopic (exact) mass is 307 g/mol. The third-order valence-corrected chi connectivity index (χ3v) is 4.52. The van der Waals surface area contributed by atoms with Gasteiger partial charge in [-0.25, -0.2) is 4.98 Å². The molecule has 0 aliphatic carbocycles. The molecule has 0 atom stereocenters. The Balaban J connectivity index is 1.55. The molecule has 0 radical (unpaired) electrons. The van der Waals surface area contributed by atoms with Crippen molar-refractivity contribution in [2.75, 3.05) is 26.3 Å². The number of pyridine rings is 1. The summed E-state index contributed by atoms with van der Waals surface area (Å²) in [5, 5.41) is 1.19. The van der Waals surface area contributed by atoms with Crippen molar-refractivity contribution in [3.63, 3.8) is 0 Å². The van der Waals surface area contributed by atoms with E-state index >= 15 is 0 Å². The van der Waals surface area contributed by atoms with E-state index in [0.29, 0.717) is 0 Å². The van der Waals surface area contributed by atoms with E-state index in [4.69, 9.17) is 4.74 Å². The Bertz CT molecular complexity index is 801. The molecule has 1 fully saturated rings. The molecule has 1 aliphatic rings. The first-order valence-corrected chi connectivity index (χ1v) is 8.13. The molecule has 2 aromatic heterocycles. The number of fused-ring (bicyclic) bond motifs is 1. The van der Waals surface area contributed by atoms with Crippen LogP contribution >= 0.6 is 0 Å². The van der Waals surface area contributed by atoms with Crippen LogP contribution in [0, 0.1) is 6.92 Å². The van der Waals surface area contributed by atoms with Crippen LogP contribution in [0.5, 0.6) is 0 Å². The summed E-state index contributed by atoms with van der Waals surface area (Å²) in [7, 11) is 0. The number of benzene rings is 1. The Morgan fingerprint density at radius 2 is 1.91 bits per heavy atom. The molecule has 0 unspecified atom stereocenters. The lowest BCUT2D eigenvalue weighted by Gasteiger charge is -2.26. The van der Waals surface area contributed by atoms with Gasteiger partial charge in [-0.2, -0.15) is 0 Å². The first kappa shape index (κ1) is 14.4. The van der Waals surface area contributed by atoms with E-state index in [-0.39, 0.29) is 0 Å². The van der Waals surface area contributed by atoms with Crippen molar-refractivity contribution in [3.8, 4) is 11.3 Å². The maximum absolute atomic E-state index is 5.40. The third-order valence-electron chi connectivity index (χ3n) is 4.52. The Kier molecular flexibility index (Phi) is 3.85. The number of aromatic amines is 1. The fourth-order valence-corrected chi connectivity index (χ4v) is 3.12. The Labute approximate surface area is 136 Å². The fraction of sp³-hybridized carbons (Fsp3) is 0.316. The molecule has 4 rings (SSSR count). The molecule has 1 aromatic carbocycles. The third kappa shape index (κ3) is 3.00. The molecule has 0 amide bonds. The van der Waals surface area contributed by atoms with Crippen molar-refractivity contribution in [1.82, 2.24) is 14.9 Å². The highest BCUT2D eigenvalue weighted by atomic mass is 16.5. The highest BCUT2D eigenvalue weighted by Crippen LogP contribution is 2.25. The minimum Gasteiger partial charge on any atom is -0.379 e. The maximum Gasteiger partial charge on any atom is 0.137 e. The average Bonchev–Trinajstić information content (AvgIpc) is 3.02. The van der Waals surface area contributed by atoms with Crippen LogP contribution in [0.1, 0.15) is 11.1 Å². The van der Waals surface area contributed by atoms with Gasteiger partial charge < -0.3 is 9.72 Å². The summed E-state index contributed by atoms with van der Waals surface area (Å²) in [5.74, 6) is 0. The van der Waals surface area contributed by atoms with Crippen molar-refractivity contribution >= 4 is 11.0 Å². The first-order chi connectivity index (χ1) is 11.3. The average molecular weight is 307 g/mol. The van der Waals surface area contributed by atoms with Crippen molar-refractivity contribution in [2.24, 2.45) is 0 Å². The van der Waals surface area contributed by atoms with Crippen LogP contribution in [0.15, 0.2) is 42.6 Å². The zero-order valence-electron chi connectivity index (χ0n) is 13.4. The Hall–Kier alpha value is -2.17. The van der Waals surface area contributed by atoms with Crippen LogP contribution in [0.3, 0.4) is 0 Å². The van der Waals surface area contributed by atoms with Gasteiger partial charge in [-0.15, -0.1) is 0 Å². The standard InChI is InChI=1S/C19H21N3O/c1-14-6-7-20-19-17(14)12-18(21-19)16-4-2-15(3-5-16)13-22-8-10-23-11-9-22/h2-7,12H,8-11,13H2,1H3,(H,20,21). The number of morpholine rings is 1. The second-order valence-electron chi connectivity index (χ2n) is 6.16. The van der Waals surface area contributed by atoms with Gasteiger partial charge in [0.1, 0.15) is 5.65 Å². The molecule has 118 valence electrons. The van der Waals surface area contributed by atoms with E-state index in [0.717, 1.165) is 44.2 Å². The smallest absolute Gasteiger partial charge is 0.137 e. The van der Waals surface area contributed by atoms with Gasteiger partial charge in [0.2, 0.25) is 0 Å². The van der Waals surface area contributed by atoms with Gasteiger partial charge in [-0.3, -0.25) is 4.90 Å². The highest BCUT2D eigenvalue weighted by molar-refractivity contribution is 5.85. The molecular weight excluding hydrogens is 286 g/mol. The number of nitrogens with zero attached hydrogens (tertiary/aromatic N) is 2. The van der Waals surface area contributed by atoms with Crippen molar-refractivity contribution in [2.45, 2.75) is 13.5 Å². The molecule has 1 saturated heterocycles. The summed E-state index contributed by atoms with van der Waals surface area (Å²) in [5.41, 5.74) is 5.88. The molecule has 4 nitrogen and oxygen atoms in total. The predicted molar refractivity (Wildman–Crippen MR) is 92.4 cm³/mol. The topological polar surface area (TPSA) is 41.2 Å². The van der Waals surface area contributed by atoms with Gasteiger partial charge in [0.25, 0.3) is 0 Å². The van der Waals surface area contributed by atoms with E-state index in [2.05, 4.69) is 52.1 Å². The zero-order valence-corrected chi connectivity index (χ0v) is 13.4. The van der Waals surface area contributed by atoms with Crippen LogP contribution in [-0.2, 0) is 11.3 Å². The van der Waals surface area contributed by atoms with Gasteiger partial charge in [-0.05, 0) is 35.7 Å². The number of aromatic nitrogens is 2. The van der Waals surface area contributed by atoms with E-state index in [1.54, 1.807) is 0 Å². The number of nitrogens with one attached hydrogen (secondary N) is 1. The minimum absolute atomic E-state index is 0.847. The lowest BCUT2D eigenvalue weighted by Crippen LogP contribution is -2.35. The lowest BCUT2D eigenvalue weighted by molar-refractivity contribution is 0.0342. The quantitative estimate of drug-likeness (QED) is 0.806.